The zero-order valence-corrected chi connectivity index (χ0v) is 13.4. The molecule has 4 heteroatoms. The van der Waals surface area contributed by atoms with E-state index in [1.165, 1.54) is 4.88 Å². The van der Waals surface area contributed by atoms with Gasteiger partial charge >= 0.3 is 0 Å². The summed E-state index contributed by atoms with van der Waals surface area (Å²) in [5.74, 6) is 0.805. The first-order chi connectivity index (χ1) is 10.2. The summed E-state index contributed by atoms with van der Waals surface area (Å²) >= 11 is 1.74. The second-order valence-corrected chi connectivity index (χ2v) is 6.15. The molecular formula is C17H23NO2S. The predicted molar refractivity (Wildman–Crippen MR) is 88.0 cm³/mol. The summed E-state index contributed by atoms with van der Waals surface area (Å²) in [5.41, 5.74) is 1.16. The summed E-state index contributed by atoms with van der Waals surface area (Å²) in [6.45, 7) is 5.00. The Balaban J connectivity index is 1.75. The van der Waals surface area contributed by atoms with Crippen LogP contribution in [0.4, 0.5) is 0 Å². The molecule has 0 amide bonds. The number of aryl methyl sites for hydroxylation is 1. The van der Waals surface area contributed by atoms with E-state index in [9.17, 15) is 5.11 Å². The predicted octanol–water partition coefficient (Wildman–Crippen LogP) is 3.54. The monoisotopic (exact) mass is 305 g/mol. The van der Waals surface area contributed by atoms with E-state index in [1.807, 2.05) is 31.2 Å². The highest BCUT2D eigenvalue weighted by atomic mass is 32.1. The van der Waals surface area contributed by atoms with Gasteiger partial charge in [0, 0.05) is 17.5 Å². The number of benzene rings is 1. The number of thiophene rings is 1. The van der Waals surface area contributed by atoms with E-state index in [0.717, 1.165) is 17.7 Å². The topological polar surface area (TPSA) is 41.5 Å². The Bertz CT molecular complexity index is 527. The largest absolute Gasteiger partial charge is 0.491 e. The molecule has 0 aliphatic carbocycles. The molecule has 0 fully saturated rings. The Hall–Kier alpha value is -1.36. The molecule has 0 aliphatic heterocycles. The third kappa shape index (κ3) is 5.16. The lowest BCUT2D eigenvalue weighted by Gasteiger charge is -2.19. The number of aliphatic hydroxyl groups excluding tert-OH is 1. The highest BCUT2D eigenvalue weighted by Crippen LogP contribution is 2.21. The highest BCUT2D eigenvalue weighted by Gasteiger charge is 2.12. The molecule has 0 saturated carbocycles. The van der Waals surface area contributed by atoms with Crippen LogP contribution in [0.2, 0.25) is 0 Å². The summed E-state index contributed by atoms with van der Waals surface area (Å²) in [6.07, 6.45) is 0.492. The van der Waals surface area contributed by atoms with E-state index in [2.05, 4.69) is 29.8 Å². The molecule has 2 unspecified atom stereocenters. The van der Waals surface area contributed by atoms with Crippen LogP contribution in [0.5, 0.6) is 5.75 Å². The Morgan fingerprint density at radius 3 is 2.81 bits per heavy atom. The lowest BCUT2D eigenvalue weighted by molar-refractivity contribution is 0.103. The van der Waals surface area contributed by atoms with Gasteiger partial charge < -0.3 is 15.2 Å². The van der Waals surface area contributed by atoms with E-state index in [0.29, 0.717) is 19.2 Å². The molecule has 1 heterocycles. The maximum Gasteiger partial charge on any atom is 0.119 e. The molecule has 114 valence electrons. The molecule has 0 saturated heterocycles. The average molecular weight is 305 g/mol. The SMILES string of the molecule is CCC(NCC(O)COc1cccc(C)c1)c1cccs1. The minimum Gasteiger partial charge on any atom is -0.491 e. The number of rotatable bonds is 8. The third-order valence-corrected chi connectivity index (χ3v) is 4.31. The number of aliphatic hydroxyl groups is 1. The van der Waals surface area contributed by atoms with Gasteiger partial charge in [0.05, 0.1) is 0 Å². The lowest BCUT2D eigenvalue weighted by atomic mass is 10.2. The number of hydrogen-bond donors (Lipinski definition) is 2. The first-order valence-corrected chi connectivity index (χ1v) is 8.21. The van der Waals surface area contributed by atoms with E-state index in [-0.39, 0.29) is 0 Å². The van der Waals surface area contributed by atoms with Crippen molar-refractivity contribution in [3.63, 3.8) is 0 Å². The lowest BCUT2D eigenvalue weighted by Crippen LogP contribution is -2.33. The van der Waals surface area contributed by atoms with Gasteiger partial charge in [0.2, 0.25) is 0 Å². The molecule has 2 atom stereocenters. The van der Waals surface area contributed by atoms with Gasteiger partial charge in [-0.25, -0.2) is 0 Å². The van der Waals surface area contributed by atoms with Crippen molar-refractivity contribution < 1.29 is 9.84 Å². The fourth-order valence-electron chi connectivity index (χ4n) is 2.17. The Kier molecular flexibility index (Phi) is 6.23. The molecule has 1 aromatic carbocycles. The molecular weight excluding hydrogens is 282 g/mol. The minimum atomic E-state index is -0.514. The average Bonchev–Trinajstić information content (AvgIpc) is 3.00. The molecule has 2 N–H and O–H groups in total. The van der Waals surface area contributed by atoms with Crippen LogP contribution >= 0.6 is 11.3 Å². The van der Waals surface area contributed by atoms with Crippen molar-refractivity contribution in [3.8, 4) is 5.75 Å². The molecule has 0 radical (unpaired) electrons. The van der Waals surface area contributed by atoms with Crippen LogP contribution in [-0.2, 0) is 0 Å². The Morgan fingerprint density at radius 1 is 1.29 bits per heavy atom. The second-order valence-electron chi connectivity index (χ2n) is 5.17. The number of hydrogen-bond acceptors (Lipinski definition) is 4. The summed E-state index contributed by atoms with van der Waals surface area (Å²) in [4.78, 5) is 1.31. The molecule has 3 nitrogen and oxygen atoms in total. The second kappa shape index (κ2) is 8.17. The first-order valence-electron chi connectivity index (χ1n) is 7.33. The van der Waals surface area contributed by atoms with Crippen LogP contribution in [0.25, 0.3) is 0 Å². The van der Waals surface area contributed by atoms with Gasteiger partial charge in [0.1, 0.15) is 18.5 Å². The van der Waals surface area contributed by atoms with Crippen molar-refractivity contribution in [1.82, 2.24) is 5.32 Å². The molecule has 2 rings (SSSR count). The summed E-state index contributed by atoms with van der Waals surface area (Å²) in [5, 5.41) is 15.5. The third-order valence-electron chi connectivity index (χ3n) is 3.33. The molecule has 0 aliphatic rings. The van der Waals surface area contributed by atoms with Crippen molar-refractivity contribution in [2.75, 3.05) is 13.2 Å². The van der Waals surface area contributed by atoms with Crippen molar-refractivity contribution in [1.29, 1.82) is 0 Å². The van der Waals surface area contributed by atoms with E-state index in [4.69, 9.17) is 4.74 Å². The fourth-order valence-corrected chi connectivity index (χ4v) is 3.06. The van der Waals surface area contributed by atoms with Crippen molar-refractivity contribution >= 4 is 11.3 Å². The summed E-state index contributed by atoms with van der Waals surface area (Å²) < 4.78 is 5.62. The smallest absolute Gasteiger partial charge is 0.119 e. The molecule has 2 aromatic rings. The minimum absolute atomic E-state index is 0.303. The van der Waals surface area contributed by atoms with Crippen molar-refractivity contribution in [2.45, 2.75) is 32.4 Å². The van der Waals surface area contributed by atoms with E-state index in [1.54, 1.807) is 11.3 Å². The number of ether oxygens (including phenoxy) is 1. The van der Waals surface area contributed by atoms with Gasteiger partial charge in [-0.05, 0) is 42.5 Å². The molecule has 21 heavy (non-hydrogen) atoms. The van der Waals surface area contributed by atoms with Crippen LogP contribution in [-0.4, -0.2) is 24.4 Å². The molecule has 1 aromatic heterocycles. The van der Waals surface area contributed by atoms with Crippen LogP contribution < -0.4 is 10.1 Å². The van der Waals surface area contributed by atoms with E-state index < -0.39 is 6.10 Å². The zero-order valence-electron chi connectivity index (χ0n) is 12.6. The van der Waals surface area contributed by atoms with Crippen LogP contribution in [0, 0.1) is 6.92 Å². The van der Waals surface area contributed by atoms with Gasteiger partial charge in [-0.15, -0.1) is 11.3 Å². The van der Waals surface area contributed by atoms with Gasteiger partial charge in [0.15, 0.2) is 0 Å². The van der Waals surface area contributed by atoms with Crippen LogP contribution in [0.3, 0.4) is 0 Å². The normalized spacial score (nSPS) is 13.9. The number of nitrogens with one attached hydrogen (secondary N) is 1. The zero-order chi connectivity index (χ0) is 15.1. The Morgan fingerprint density at radius 2 is 2.14 bits per heavy atom. The van der Waals surface area contributed by atoms with Gasteiger partial charge in [-0.1, -0.05) is 25.1 Å². The first kappa shape index (κ1) is 16.0. The molecule has 0 spiro atoms. The Labute approximate surface area is 130 Å². The van der Waals surface area contributed by atoms with Gasteiger partial charge in [0.25, 0.3) is 0 Å². The van der Waals surface area contributed by atoms with Gasteiger partial charge in [-0.3, -0.25) is 0 Å². The maximum absolute atomic E-state index is 10.0. The highest BCUT2D eigenvalue weighted by molar-refractivity contribution is 7.10. The molecule has 0 bridgehead atoms. The standard InChI is InChI=1S/C17H23NO2S/c1-3-16(17-8-5-9-21-17)18-11-14(19)12-20-15-7-4-6-13(2)10-15/h4-10,14,16,18-19H,3,11-12H2,1-2H3. The summed E-state index contributed by atoms with van der Waals surface area (Å²) in [7, 11) is 0. The van der Waals surface area contributed by atoms with Crippen LogP contribution in [0.1, 0.15) is 29.8 Å². The summed E-state index contributed by atoms with van der Waals surface area (Å²) in [6, 6.07) is 12.4. The fraction of sp³-hybridized carbons (Fsp3) is 0.412. The van der Waals surface area contributed by atoms with E-state index >= 15 is 0 Å². The van der Waals surface area contributed by atoms with Crippen molar-refractivity contribution in [3.05, 3.63) is 52.2 Å². The maximum atomic E-state index is 10.0. The van der Waals surface area contributed by atoms with Gasteiger partial charge in [-0.2, -0.15) is 0 Å². The van der Waals surface area contributed by atoms with Crippen molar-refractivity contribution in [2.24, 2.45) is 0 Å². The van der Waals surface area contributed by atoms with Crippen LogP contribution in [0.15, 0.2) is 41.8 Å². The quantitative estimate of drug-likeness (QED) is 0.784.